The molecule has 0 aromatic heterocycles. The molecule has 1 atom stereocenters. The molecule has 3 nitrogen and oxygen atoms in total. The Bertz CT molecular complexity index is 358. The topological polar surface area (TPSA) is 55.1 Å². The quantitative estimate of drug-likeness (QED) is 0.861. The summed E-state index contributed by atoms with van der Waals surface area (Å²) in [7, 11) is 0. The fraction of sp³-hybridized carbons (Fsp3) is 0.462. The van der Waals surface area contributed by atoms with E-state index in [1.54, 1.807) is 0 Å². The van der Waals surface area contributed by atoms with Crippen LogP contribution in [0.25, 0.3) is 0 Å². The first-order chi connectivity index (χ1) is 7.75. The minimum absolute atomic E-state index is 0. The van der Waals surface area contributed by atoms with Gasteiger partial charge in [0.15, 0.2) is 0 Å². The average molecular weight is 255 g/mol. The first-order valence-electron chi connectivity index (χ1n) is 5.83. The highest BCUT2D eigenvalue weighted by molar-refractivity contribution is 5.85. The van der Waals surface area contributed by atoms with Crippen LogP contribution in [0.1, 0.15) is 29.9 Å². The minimum Gasteiger partial charge on any atom is -0.369 e. The van der Waals surface area contributed by atoms with Gasteiger partial charge in [-0.3, -0.25) is 4.79 Å². The second-order valence-corrected chi connectivity index (χ2v) is 4.43. The molecule has 1 aromatic rings. The number of amides is 1. The molecular weight excluding hydrogens is 236 g/mol. The SMILES string of the molecule is Cl.NC(=O)Cc1ccc(C2CCCNC2)cc1. The zero-order chi connectivity index (χ0) is 11.4. The summed E-state index contributed by atoms with van der Waals surface area (Å²) in [5, 5.41) is 3.41. The molecule has 94 valence electrons. The van der Waals surface area contributed by atoms with Crippen molar-refractivity contribution in [2.75, 3.05) is 13.1 Å². The van der Waals surface area contributed by atoms with E-state index >= 15 is 0 Å². The molecule has 1 amide bonds. The number of piperidine rings is 1. The van der Waals surface area contributed by atoms with E-state index in [1.165, 1.54) is 18.4 Å². The van der Waals surface area contributed by atoms with Gasteiger partial charge < -0.3 is 11.1 Å². The first-order valence-corrected chi connectivity index (χ1v) is 5.83. The van der Waals surface area contributed by atoms with Crippen molar-refractivity contribution in [3.05, 3.63) is 35.4 Å². The van der Waals surface area contributed by atoms with Gasteiger partial charge in [-0.15, -0.1) is 12.4 Å². The number of benzene rings is 1. The van der Waals surface area contributed by atoms with E-state index < -0.39 is 0 Å². The summed E-state index contributed by atoms with van der Waals surface area (Å²) in [6.07, 6.45) is 2.83. The van der Waals surface area contributed by atoms with E-state index in [0.29, 0.717) is 12.3 Å². The second-order valence-electron chi connectivity index (χ2n) is 4.43. The first kappa shape index (κ1) is 14.0. The number of hydrogen-bond donors (Lipinski definition) is 2. The molecule has 1 fully saturated rings. The second kappa shape index (κ2) is 6.62. The Morgan fingerprint density at radius 2 is 2.06 bits per heavy atom. The van der Waals surface area contributed by atoms with Gasteiger partial charge in [0, 0.05) is 6.54 Å². The zero-order valence-corrected chi connectivity index (χ0v) is 10.6. The van der Waals surface area contributed by atoms with Gasteiger partial charge in [-0.2, -0.15) is 0 Å². The van der Waals surface area contributed by atoms with Crippen LogP contribution < -0.4 is 11.1 Å². The molecule has 1 aromatic carbocycles. The van der Waals surface area contributed by atoms with Crippen molar-refractivity contribution < 1.29 is 4.79 Å². The molecule has 1 saturated heterocycles. The molecule has 0 bridgehead atoms. The molecule has 1 unspecified atom stereocenters. The van der Waals surface area contributed by atoms with Crippen LogP contribution in [0.3, 0.4) is 0 Å². The molecule has 1 aliphatic heterocycles. The Balaban J connectivity index is 0.00000144. The zero-order valence-electron chi connectivity index (χ0n) is 9.82. The maximum Gasteiger partial charge on any atom is 0.221 e. The maximum atomic E-state index is 10.8. The molecule has 1 aliphatic rings. The highest BCUT2D eigenvalue weighted by Gasteiger charge is 2.14. The molecule has 0 saturated carbocycles. The van der Waals surface area contributed by atoms with Crippen molar-refractivity contribution in [3.63, 3.8) is 0 Å². The predicted molar refractivity (Wildman–Crippen MR) is 71.4 cm³/mol. The van der Waals surface area contributed by atoms with Crippen LogP contribution in [-0.2, 0) is 11.2 Å². The molecule has 0 radical (unpaired) electrons. The number of nitrogens with two attached hydrogens (primary N) is 1. The van der Waals surface area contributed by atoms with Crippen molar-refractivity contribution >= 4 is 18.3 Å². The lowest BCUT2D eigenvalue weighted by atomic mass is 9.91. The third-order valence-corrected chi connectivity index (χ3v) is 3.13. The Kier molecular flexibility index (Phi) is 5.45. The van der Waals surface area contributed by atoms with Gasteiger partial charge in [0.25, 0.3) is 0 Å². The Hall–Kier alpha value is -1.06. The molecule has 3 N–H and O–H groups in total. The highest BCUT2D eigenvalue weighted by atomic mass is 35.5. The van der Waals surface area contributed by atoms with E-state index in [-0.39, 0.29) is 18.3 Å². The largest absolute Gasteiger partial charge is 0.369 e. The summed E-state index contributed by atoms with van der Waals surface area (Å²) >= 11 is 0. The lowest BCUT2D eigenvalue weighted by Gasteiger charge is -2.23. The van der Waals surface area contributed by atoms with E-state index in [4.69, 9.17) is 5.73 Å². The lowest BCUT2D eigenvalue weighted by Crippen LogP contribution is -2.28. The number of carbonyl (C=O) groups is 1. The molecule has 17 heavy (non-hydrogen) atoms. The molecule has 0 spiro atoms. The van der Waals surface area contributed by atoms with E-state index in [9.17, 15) is 4.79 Å². The number of carbonyl (C=O) groups excluding carboxylic acids is 1. The number of rotatable bonds is 3. The number of hydrogen-bond acceptors (Lipinski definition) is 2. The summed E-state index contributed by atoms with van der Waals surface area (Å²) in [4.78, 5) is 10.8. The van der Waals surface area contributed by atoms with Crippen LogP contribution in [0.2, 0.25) is 0 Å². The maximum absolute atomic E-state index is 10.8. The van der Waals surface area contributed by atoms with Crippen molar-refractivity contribution in [2.45, 2.75) is 25.2 Å². The van der Waals surface area contributed by atoms with Gasteiger partial charge in [-0.25, -0.2) is 0 Å². The Labute approximate surface area is 108 Å². The minimum atomic E-state index is -0.271. The van der Waals surface area contributed by atoms with E-state index in [2.05, 4.69) is 17.4 Å². The molecule has 0 aliphatic carbocycles. The third kappa shape index (κ3) is 4.02. The van der Waals surface area contributed by atoms with Crippen LogP contribution in [0.4, 0.5) is 0 Å². The molecule has 1 heterocycles. The number of halogens is 1. The van der Waals surface area contributed by atoms with Crippen molar-refractivity contribution in [3.8, 4) is 0 Å². The van der Waals surface area contributed by atoms with Gasteiger partial charge in [-0.05, 0) is 36.4 Å². The average Bonchev–Trinajstić information content (AvgIpc) is 2.30. The number of nitrogens with one attached hydrogen (secondary N) is 1. The van der Waals surface area contributed by atoms with Crippen LogP contribution in [-0.4, -0.2) is 19.0 Å². The summed E-state index contributed by atoms with van der Waals surface area (Å²) in [6, 6.07) is 8.26. The van der Waals surface area contributed by atoms with Gasteiger partial charge in [-0.1, -0.05) is 24.3 Å². The van der Waals surface area contributed by atoms with Crippen LogP contribution in [0.15, 0.2) is 24.3 Å². The fourth-order valence-electron chi connectivity index (χ4n) is 2.25. The molecule has 4 heteroatoms. The van der Waals surface area contributed by atoms with Gasteiger partial charge in [0.2, 0.25) is 5.91 Å². The monoisotopic (exact) mass is 254 g/mol. The van der Waals surface area contributed by atoms with Gasteiger partial charge in [0.1, 0.15) is 0 Å². The molecular formula is C13H19ClN2O. The standard InChI is InChI=1S/C13H18N2O.ClH/c14-13(16)8-10-3-5-11(6-4-10)12-2-1-7-15-9-12;/h3-6,12,15H,1-2,7-9H2,(H2,14,16);1H. The molecule has 2 rings (SSSR count). The predicted octanol–water partition coefficient (Wildman–Crippen LogP) is 1.60. The third-order valence-electron chi connectivity index (χ3n) is 3.13. The fourth-order valence-corrected chi connectivity index (χ4v) is 2.25. The van der Waals surface area contributed by atoms with Crippen molar-refractivity contribution in [1.82, 2.24) is 5.32 Å². The van der Waals surface area contributed by atoms with Gasteiger partial charge >= 0.3 is 0 Å². The van der Waals surface area contributed by atoms with E-state index in [1.807, 2.05) is 12.1 Å². The number of primary amides is 1. The van der Waals surface area contributed by atoms with Gasteiger partial charge in [0.05, 0.1) is 6.42 Å². The van der Waals surface area contributed by atoms with Crippen LogP contribution in [0.5, 0.6) is 0 Å². The smallest absolute Gasteiger partial charge is 0.221 e. The highest BCUT2D eigenvalue weighted by Crippen LogP contribution is 2.23. The normalized spacial score (nSPS) is 19.4. The summed E-state index contributed by atoms with van der Waals surface area (Å²) in [6.45, 7) is 2.20. The summed E-state index contributed by atoms with van der Waals surface area (Å²) in [5.74, 6) is 0.350. The van der Waals surface area contributed by atoms with Crippen molar-refractivity contribution in [1.29, 1.82) is 0 Å². The van der Waals surface area contributed by atoms with E-state index in [0.717, 1.165) is 18.7 Å². The summed E-state index contributed by atoms with van der Waals surface area (Å²) < 4.78 is 0. The van der Waals surface area contributed by atoms with Crippen LogP contribution in [0, 0.1) is 0 Å². The van der Waals surface area contributed by atoms with Crippen LogP contribution >= 0.6 is 12.4 Å². The Morgan fingerprint density at radius 3 is 2.59 bits per heavy atom. The van der Waals surface area contributed by atoms with Crippen molar-refractivity contribution in [2.24, 2.45) is 5.73 Å². The lowest BCUT2D eigenvalue weighted by molar-refractivity contribution is -0.117. The Morgan fingerprint density at radius 1 is 1.35 bits per heavy atom. The summed E-state index contributed by atoms with van der Waals surface area (Å²) in [5.41, 5.74) is 7.52.